The van der Waals surface area contributed by atoms with Crippen LogP contribution in [0.4, 0.5) is 5.82 Å². The third-order valence-corrected chi connectivity index (χ3v) is 4.08. The zero-order valence-electron chi connectivity index (χ0n) is 9.51. The molecule has 0 aliphatic rings. The number of aromatic nitrogens is 3. The summed E-state index contributed by atoms with van der Waals surface area (Å²) in [6.07, 6.45) is 5.09. The van der Waals surface area contributed by atoms with Crippen molar-refractivity contribution < 1.29 is 8.42 Å². The average molecular weight is 331 g/mol. The van der Waals surface area contributed by atoms with Gasteiger partial charge < -0.3 is 0 Å². The number of nitrogens with one attached hydrogen (secondary N) is 2. The number of anilines is 1. The predicted molar refractivity (Wildman–Crippen MR) is 70.7 cm³/mol. The van der Waals surface area contributed by atoms with Crippen LogP contribution in [0.25, 0.3) is 0 Å². The van der Waals surface area contributed by atoms with Crippen molar-refractivity contribution in [3.8, 4) is 0 Å². The summed E-state index contributed by atoms with van der Waals surface area (Å²) in [5.74, 6) is 0.387. The lowest BCUT2D eigenvalue weighted by Crippen LogP contribution is -2.14. The molecule has 0 atom stereocenters. The summed E-state index contributed by atoms with van der Waals surface area (Å²) in [7, 11) is -3.65. The zero-order chi connectivity index (χ0) is 13.2. The fourth-order valence-corrected chi connectivity index (χ4v) is 2.96. The summed E-state index contributed by atoms with van der Waals surface area (Å²) < 4.78 is 27.3. The topological polar surface area (TPSA) is 87.7 Å². The summed E-state index contributed by atoms with van der Waals surface area (Å²) in [5.41, 5.74) is 0.807. The molecule has 0 aliphatic heterocycles. The lowest BCUT2D eigenvalue weighted by molar-refractivity contribution is 0.600. The molecule has 0 unspecified atom stereocenters. The van der Waals surface area contributed by atoms with Crippen LogP contribution < -0.4 is 4.72 Å². The molecule has 0 radical (unpaired) electrons. The Balaban J connectivity index is 2.33. The van der Waals surface area contributed by atoms with E-state index in [1.54, 1.807) is 6.20 Å². The predicted octanol–water partition coefficient (Wildman–Crippen LogP) is 1.93. The molecule has 0 saturated heterocycles. The van der Waals surface area contributed by atoms with Crippen LogP contribution in [0.3, 0.4) is 0 Å². The van der Waals surface area contributed by atoms with Gasteiger partial charge in [0.1, 0.15) is 10.7 Å². The van der Waals surface area contributed by atoms with Crippen molar-refractivity contribution in [3.63, 3.8) is 0 Å². The molecule has 2 N–H and O–H groups in total. The van der Waals surface area contributed by atoms with E-state index in [1.807, 2.05) is 6.92 Å². The van der Waals surface area contributed by atoms with Crippen LogP contribution in [-0.4, -0.2) is 23.6 Å². The van der Waals surface area contributed by atoms with Gasteiger partial charge in [-0.3, -0.25) is 14.8 Å². The fourth-order valence-electron chi connectivity index (χ4n) is 1.40. The lowest BCUT2D eigenvalue weighted by atomic mass is 10.3. The minimum absolute atomic E-state index is 0.0912. The third-order valence-electron chi connectivity index (χ3n) is 2.33. The maximum absolute atomic E-state index is 12.1. The molecule has 0 aromatic carbocycles. The first kappa shape index (κ1) is 13.0. The van der Waals surface area contributed by atoms with Crippen molar-refractivity contribution in [1.82, 2.24) is 15.2 Å². The summed E-state index contributed by atoms with van der Waals surface area (Å²) in [4.78, 5) is 3.92. The van der Waals surface area contributed by atoms with Gasteiger partial charge in [-0.15, -0.1) is 0 Å². The number of hydrogen-bond donors (Lipinski definition) is 2. The van der Waals surface area contributed by atoms with Gasteiger partial charge in [-0.1, -0.05) is 6.92 Å². The Morgan fingerprint density at radius 2 is 2.17 bits per heavy atom. The molecule has 96 valence electrons. The molecular weight excluding hydrogens is 320 g/mol. The van der Waals surface area contributed by atoms with Crippen LogP contribution >= 0.6 is 15.9 Å². The highest BCUT2D eigenvalue weighted by molar-refractivity contribution is 9.10. The first-order chi connectivity index (χ1) is 8.53. The molecule has 0 bridgehead atoms. The summed E-state index contributed by atoms with van der Waals surface area (Å²) in [5, 5.41) is 6.44. The Morgan fingerprint density at radius 3 is 2.83 bits per heavy atom. The van der Waals surface area contributed by atoms with E-state index < -0.39 is 10.0 Å². The van der Waals surface area contributed by atoms with E-state index >= 15 is 0 Å². The van der Waals surface area contributed by atoms with Crippen molar-refractivity contribution in [2.75, 3.05) is 4.72 Å². The monoisotopic (exact) mass is 330 g/mol. The summed E-state index contributed by atoms with van der Waals surface area (Å²) in [6, 6.07) is 1.48. The molecular formula is C10H11BrN4O2S. The number of aromatic amines is 1. The largest absolute Gasteiger partial charge is 0.264 e. The quantitative estimate of drug-likeness (QED) is 0.896. The number of H-pyrrole nitrogens is 1. The van der Waals surface area contributed by atoms with Crippen LogP contribution in [0, 0.1) is 0 Å². The van der Waals surface area contributed by atoms with Crippen molar-refractivity contribution in [2.45, 2.75) is 18.2 Å². The fraction of sp³-hybridized carbons (Fsp3) is 0.200. The van der Waals surface area contributed by atoms with E-state index in [1.165, 1.54) is 18.5 Å². The van der Waals surface area contributed by atoms with Crippen molar-refractivity contribution in [2.24, 2.45) is 0 Å². The van der Waals surface area contributed by atoms with E-state index in [2.05, 4.69) is 35.8 Å². The average Bonchev–Trinajstić information content (AvgIpc) is 2.75. The standard InChI is InChI=1S/C10H11BrN4O2S/c1-2-7-4-13-14-10(7)15-18(16,17)9-3-8(11)5-12-6-9/h3-6H,2H2,1H3,(H2,13,14,15). The summed E-state index contributed by atoms with van der Waals surface area (Å²) >= 11 is 3.19. The van der Waals surface area contributed by atoms with E-state index in [0.29, 0.717) is 16.7 Å². The van der Waals surface area contributed by atoms with Crippen molar-refractivity contribution in [3.05, 3.63) is 34.7 Å². The summed E-state index contributed by atoms with van der Waals surface area (Å²) in [6.45, 7) is 1.92. The van der Waals surface area contributed by atoms with E-state index in [-0.39, 0.29) is 4.90 Å². The van der Waals surface area contributed by atoms with Crippen LogP contribution in [-0.2, 0) is 16.4 Å². The highest BCUT2D eigenvalue weighted by atomic mass is 79.9. The van der Waals surface area contributed by atoms with Gasteiger partial charge in [-0.25, -0.2) is 8.42 Å². The van der Waals surface area contributed by atoms with Crippen LogP contribution in [0.5, 0.6) is 0 Å². The van der Waals surface area contributed by atoms with Gasteiger partial charge in [0.2, 0.25) is 0 Å². The SMILES string of the molecule is CCc1cn[nH]c1NS(=O)(=O)c1cncc(Br)c1. The smallest absolute Gasteiger partial charge is 0.263 e. The molecule has 0 amide bonds. The van der Waals surface area contributed by atoms with Gasteiger partial charge in [0.25, 0.3) is 10.0 Å². The van der Waals surface area contributed by atoms with Crippen LogP contribution in [0.2, 0.25) is 0 Å². The van der Waals surface area contributed by atoms with E-state index in [0.717, 1.165) is 5.56 Å². The maximum atomic E-state index is 12.1. The van der Waals surface area contributed by atoms with Gasteiger partial charge in [0.15, 0.2) is 0 Å². The Kier molecular flexibility index (Phi) is 3.67. The Bertz CT molecular complexity index is 653. The Labute approximate surface area is 113 Å². The van der Waals surface area contributed by atoms with Gasteiger partial charge in [0.05, 0.1) is 6.20 Å². The van der Waals surface area contributed by atoms with Gasteiger partial charge in [-0.2, -0.15) is 5.10 Å². The second kappa shape index (κ2) is 5.07. The maximum Gasteiger partial charge on any atom is 0.264 e. The normalized spacial score (nSPS) is 11.4. The number of halogens is 1. The molecule has 0 spiro atoms. The molecule has 2 aromatic heterocycles. The number of hydrogen-bond acceptors (Lipinski definition) is 4. The van der Waals surface area contributed by atoms with Gasteiger partial charge in [0, 0.05) is 22.4 Å². The number of aryl methyl sites for hydroxylation is 1. The number of nitrogens with zero attached hydrogens (tertiary/aromatic N) is 2. The lowest BCUT2D eigenvalue weighted by Gasteiger charge is -2.07. The molecule has 0 aliphatic carbocycles. The van der Waals surface area contributed by atoms with Crippen molar-refractivity contribution >= 4 is 31.8 Å². The van der Waals surface area contributed by atoms with Gasteiger partial charge >= 0.3 is 0 Å². The van der Waals surface area contributed by atoms with Crippen LogP contribution in [0.1, 0.15) is 12.5 Å². The highest BCUT2D eigenvalue weighted by Gasteiger charge is 2.17. The molecule has 8 heteroatoms. The minimum atomic E-state index is -3.65. The number of pyridine rings is 1. The molecule has 2 rings (SSSR count). The molecule has 18 heavy (non-hydrogen) atoms. The number of sulfonamides is 1. The number of rotatable bonds is 4. The van der Waals surface area contributed by atoms with E-state index in [4.69, 9.17) is 0 Å². The Hall–Kier alpha value is -1.41. The molecule has 2 heterocycles. The molecule has 0 saturated carbocycles. The molecule has 6 nitrogen and oxygen atoms in total. The second-order valence-corrected chi connectivity index (χ2v) is 6.17. The van der Waals surface area contributed by atoms with Crippen LogP contribution in [0.15, 0.2) is 34.0 Å². The second-order valence-electron chi connectivity index (χ2n) is 3.57. The molecule has 0 fully saturated rings. The highest BCUT2D eigenvalue weighted by Crippen LogP contribution is 2.19. The van der Waals surface area contributed by atoms with Crippen molar-refractivity contribution in [1.29, 1.82) is 0 Å². The zero-order valence-corrected chi connectivity index (χ0v) is 11.9. The molecule has 2 aromatic rings. The first-order valence-electron chi connectivity index (χ1n) is 5.18. The third kappa shape index (κ3) is 2.70. The van der Waals surface area contributed by atoms with Gasteiger partial charge in [-0.05, 0) is 28.4 Å². The first-order valence-corrected chi connectivity index (χ1v) is 7.46. The van der Waals surface area contributed by atoms with E-state index in [9.17, 15) is 8.42 Å². The minimum Gasteiger partial charge on any atom is -0.263 e. The Morgan fingerprint density at radius 1 is 1.39 bits per heavy atom.